The molecule has 27 heavy (non-hydrogen) atoms. The molecular weight excluding hydrogens is 350 g/mol. The van der Waals surface area contributed by atoms with Crippen molar-refractivity contribution >= 4 is 17.5 Å². The van der Waals surface area contributed by atoms with Crippen molar-refractivity contribution in [2.75, 3.05) is 25.0 Å². The van der Waals surface area contributed by atoms with E-state index in [0.29, 0.717) is 30.8 Å². The maximum absolute atomic E-state index is 13.3. The van der Waals surface area contributed by atoms with Crippen molar-refractivity contribution in [2.24, 2.45) is 5.92 Å². The predicted octanol–water partition coefficient (Wildman–Crippen LogP) is 3.43. The summed E-state index contributed by atoms with van der Waals surface area (Å²) < 4.78 is 26.2. The predicted molar refractivity (Wildman–Crippen MR) is 99.5 cm³/mol. The van der Waals surface area contributed by atoms with Gasteiger partial charge in [0.05, 0.1) is 0 Å². The monoisotopic (exact) mass is 370 g/mol. The Balaban J connectivity index is 1.56. The number of likely N-dealkylation sites (N-methyl/N-ethyl adjacent to an activating group) is 1. The van der Waals surface area contributed by atoms with Gasteiger partial charge in [0, 0.05) is 31.4 Å². The Labute approximate surface area is 156 Å². The molecule has 2 aromatic carbocycles. The zero-order chi connectivity index (χ0) is 19.6. The molecule has 1 aliphatic rings. The summed E-state index contributed by atoms with van der Waals surface area (Å²) in [6.45, 7) is 4.61. The maximum Gasteiger partial charge on any atom is 0.253 e. The Morgan fingerprint density at radius 1 is 1.15 bits per heavy atom. The van der Waals surface area contributed by atoms with E-state index in [2.05, 4.69) is 6.58 Å². The first-order chi connectivity index (χ1) is 12.9. The van der Waals surface area contributed by atoms with Crippen LogP contribution in [0.25, 0.3) is 0 Å². The molecule has 4 nitrogen and oxygen atoms in total. The second-order valence-electron chi connectivity index (χ2n) is 6.68. The molecule has 3 rings (SSSR count). The molecule has 2 aromatic rings. The van der Waals surface area contributed by atoms with Crippen LogP contribution >= 0.6 is 0 Å². The number of likely N-dealkylation sites (tertiary alicyclic amines) is 1. The van der Waals surface area contributed by atoms with Crippen LogP contribution in [0.4, 0.5) is 14.5 Å². The molecule has 0 spiro atoms. The first kappa shape index (κ1) is 18.8. The van der Waals surface area contributed by atoms with Gasteiger partial charge in [-0.15, -0.1) is 0 Å². The molecule has 1 heterocycles. The Morgan fingerprint density at radius 3 is 2.41 bits per heavy atom. The van der Waals surface area contributed by atoms with Gasteiger partial charge < -0.3 is 9.80 Å². The van der Waals surface area contributed by atoms with E-state index in [9.17, 15) is 18.4 Å². The molecule has 0 saturated carbocycles. The standard InChI is InChI=1S/C21H20F2N2O2/c1-3-20(26)24(2)17-7-5-16(6-8-17)21(27)25-12-15(13-25)10-14-4-9-18(22)19(23)11-14/h3-9,11,15H,1,10,12-13H2,2H3. The molecule has 0 aromatic heterocycles. The highest BCUT2D eigenvalue weighted by atomic mass is 19.2. The lowest BCUT2D eigenvalue weighted by Crippen LogP contribution is -2.50. The van der Waals surface area contributed by atoms with Crippen LogP contribution in [0.3, 0.4) is 0 Å². The van der Waals surface area contributed by atoms with E-state index in [-0.39, 0.29) is 17.7 Å². The van der Waals surface area contributed by atoms with Gasteiger partial charge in [-0.2, -0.15) is 0 Å². The van der Waals surface area contributed by atoms with E-state index in [1.807, 2.05) is 0 Å². The lowest BCUT2D eigenvalue weighted by molar-refractivity contribution is -0.113. The fraction of sp³-hybridized carbons (Fsp3) is 0.238. The first-order valence-electron chi connectivity index (χ1n) is 8.62. The Hall–Kier alpha value is -3.02. The van der Waals surface area contributed by atoms with Crippen molar-refractivity contribution in [1.82, 2.24) is 4.90 Å². The van der Waals surface area contributed by atoms with Crippen LogP contribution in [0.5, 0.6) is 0 Å². The molecule has 140 valence electrons. The van der Waals surface area contributed by atoms with Gasteiger partial charge in [0.1, 0.15) is 0 Å². The molecule has 1 aliphatic heterocycles. The van der Waals surface area contributed by atoms with Crippen LogP contribution in [0.2, 0.25) is 0 Å². The molecule has 6 heteroatoms. The van der Waals surface area contributed by atoms with Gasteiger partial charge >= 0.3 is 0 Å². The number of carbonyl (C=O) groups excluding carboxylic acids is 2. The van der Waals surface area contributed by atoms with Crippen molar-refractivity contribution < 1.29 is 18.4 Å². The minimum Gasteiger partial charge on any atom is -0.338 e. The summed E-state index contributed by atoms with van der Waals surface area (Å²) >= 11 is 0. The molecule has 1 saturated heterocycles. The smallest absolute Gasteiger partial charge is 0.253 e. The SMILES string of the molecule is C=CC(=O)N(C)c1ccc(C(=O)N2CC(Cc3ccc(F)c(F)c3)C2)cc1. The number of hydrogen-bond donors (Lipinski definition) is 0. The molecule has 1 fully saturated rings. The van der Waals surface area contributed by atoms with E-state index >= 15 is 0 Å². The Bertz CT molecular complexity index is 874. The summed E-state index contributed by atoms with van der Waals surface area (Å²) in [5.74, 6) is -1.78. The number of anilines is 1. The van der Waals surface area contributed by atoms with E-state index in [1.165, 1.54) is 17.0 Å². The van der Waals surface area contributed by atoms with Crippen LogP contribution in [0, 0.1) is 17.6 Å². The van der Waals surface area contributed by atoms with Crippen LogP contribution < -0.4 is 4.90 Å². The molecule has 0 aliphatic carbocycles. The molecule has 0 bridgehead atoms. The highest BCUT2D eigenvalue weighted by Crippen LogP contribution is 2.24. The zero-order valence-corrected chi connectivity index (χ0v) is 15.0. The van der Waals surface area contributed by atoms with Crippen LogP contribution in [0.1, 0.15) is 15.9 Å². The summed E-state index contributed by atoms with van der Waals surface area (Å²) in [6, 6.07) is 10.7. The van der Waals surface area contributed by atoms with Gasteiger partial charge in [0.25, 0.3) is 5.91 Å². The normalized spacial score (nSPS) is 13.8. The third-order valence-electron chi connectivity index (χ3n) is 4.76. The summed E-state index contributed by atoms with van der Waals surface area (Å²) in [6.07, 6.45) is 1.83. The number of benzene rings is 2. The summed E-state index contributed by atoms with van der Waals surface area (Å²) in [5.41, 5.74) is 1.95. The quantitative estimate of drug-likeness (QED) is 0.757. The van der Waals surface area contributed by atoms with Gasteiger partial charge in [0.15, 0.2) is 11.6 Å². The van der Waals surface area contributed by atoms with Crippen molar-refractivity contribution in [3.63, 3.8) is 0 Å². The minimum atomic E-state index is -0.854. The number of hydrogen-bond acceptors (Lipinski definition) is 2. The van der Waals surface area contributed by atoms with Crippen molar-refractivity contribution in [2.45, 2.75) is 6.42 Å². The molecule has 0 unspecified atom stereocenters. The van der Waals surface area contributed by atoms with E-state index < -0.39 is 11.6 Å². The topological polar surface area (TPSA) is 40.6 Å². The molecule has 0 radical (unpaired) electrons. The zero-order valence-electron chi connectivity index (χ0n) is 15.0. The fourth-order valence-corrected chi connectivity index (χ4v) is 3.14. The minimum absolute atomic E-state index is 0.0826. The summed E-state index contributed by atoms with van der Waals surface area (Å²) in [4.78, 5) is 27.3. The number of nitrogens with zero attached hydrogens (tertiary/aromatic N) is 2. The second kappa shape index (κ2) is 7.70. The average molecular weight is 370 g/mol. The lowest BCUT2D eigenvalue weighted by Gasteiger charge is -2.39. The maximum atomic E-state index is 13.3. The summed E-state index contributed by atoms with van der Waals surface area (Å²) in [5, 5.41) is 0. The number of rotatable bonds is 5. The summed E-state index contributed by atoms with van der Waals surface area (Å²) in [7, 11) is 1.64. The van der Waals surface area contributed by atoms with Crippen molar-refractivity contribution in [3.8, 4) is 0 Å². The number of amides is 2. The largest absolute Gasteiger partial charge is 0.338 e. The van der Waals surface area contributed by atoms with E-state index in [0.717, 1.165) is 11.6 Å². The van der Waals surface area contributed by atoms with Crippen molar-refractivity contribution in [3.05, 3.63) is 77.9 Å². The highest BCUT2D eigenvalue weighted by Gasteiger charge is 2.31. The van der Waals surface area contributed by atoms with Gasteiger partial charge in [-0.1, -0.05) is 12.6 Å². The molecular formula is C21H20F2N2O2. The van der Waals surface area contributed by atoms with Crippen LogP contribution in [-0.2, 0) is 11.2 Å². The van der Waals surface area contributed by atoms with Gasteiger partial charge in [-0.3, -0.25) is 9.59 Å². The third-order valence-corrected chi connectivity index (χ3v) is 4.76. The molecule has 2 amide bonds. The Morgan fingerprint density at radius 2 is 1.81 bits per heavy atom. The molecule has 0 N–H and O–H groups in total. The number of halogens is 2. The molecule has 0 atom stereocenters. The van der Waals surface area contributed by atoms with Gasteiger partial charge in [-0.25, -0.2) is 8.78 Å². The highest BCUT2D eigenvalue weighted by molar-refractivity contribution is 6.01. The Kier molecular flexibility index (Phi) is 5.35. The lowest BCUT2D eigenvalue weighted by atomic mass is 9.91. The van der Waals surface area contributed by atoms with Gasteiger partial charge in [-0.05, 0) is 60.4 Å². The first-order valence-corrected chi connectivity index (χ1v) is 8.62. The van der Waals surface area contributed by atoms with Gasteiger partial charge in [0.2, 0.25) is 5.91 Å². The average Bonchev–Trinajstić information content (AvgIpc) is 2.65. The third kappa shape index (κ3) is 4.05. The van der Waals surface area contributed by atoms with Crippen molar-refractivity contribution in [1.29, 1.82) is 0 Å². The fourth-order valence-electron chi connectivity index (χ4n) is 3.14. The van der Waals surface area contributed by atoms with Crippen LogP contribution in [-0.4, -0.2) is 36.9 Å². The number of carbonyl (C=O) groups is 2. The van der Waals surface area contributed by atoms with Crippen LogP contribution in [0.15, 0.2) is 55.1 Å². The van der Waals surface area contributed by atoms with E-state index in [1.54, 1.807) is 42.3 Å². The van der Waals surface area contributed by atoms with E-state index in [4.69, 9.17) is 0 Å². The second-order valence-corrected chi connectivity index (χ2v) is 6.68.